The summed E-state index contributed by atoms with van der Waals surface area (Å²) in [4.78, 5) is 0. The van der Waals surface area contributed by atoms with Crippen molar-refractivity contribution in [3.63, 3.8) is 0 Å². The van der Waals surface area contributed by atoms with Crippen LogP contribution >= 0.6 is 28.3 Å². The summed E-state index contributed by atoms with van der Waals surface area (Å²) >= 11 is 3.56. The van der Waals surface area contributed by atoms with Crippen LogP contribution in [0.15, 0.2) is 28.7 Å². The van der Waals surface area contributed by atoms with Gasteiger partial charge in [0.2, 0.25) is 0 Å². The van der Waals surface area contributed by atoms with E-state index in [1.807, 2.05) is 6.07 Å². The second kappa shape index (κ2) is 4.21. The minimum absolute atomic E-state index is 0. The molecular weight excluding hydrogens is 261 g/mol. The molecule has 0 bridgehead atoms. The van der Waals surface area contributed by atoms with Crippen LogP contribution in [0.4, 0.5) is 0 Å². The second-order valence-electron chi connectivity index (χ2n) is 3.86. The highest BCUT2D eigenvalue weighted by Crippen LogP contribution is 2.52. The van der Waals surface area contributed by atoms with E-state index >= 15 is 0 Å². The van der Waals surface area contributed by atoms with Gasteiger partial charge in [-0.1, -0.05) is 41.1 Å². The van der Waals surface area contributed by atoms with Crippen LogP contribution < -0.4 is 5.73 Å². The predicted molar refractivity (Wildman–Crippen MR) is 66.0 cm³/mol. The summed E-state index contributed by atoms with van der Waals surface area (Å²) in [6, 6.07) is 8.37. The molecule has 2 rings (SSSR count). The fourth-order valence-electron chi connectivity index (χ4n) is 1.89. The highest BCUT2D eigenvalue weighted by molar-refractivity contribution is 9.10. The van der Waals surface area contributed by atoms with E-state index in [0.29, 0.717) is 5.92 Å². The van der Waals surface area contributed by atoms with E-state index < -0.39 is 0 Å². The van der Waals surface area contributed by atoms with Crippen LogP contribution in [0.1, 0.15) is 31.2 Å². The highest BCUT2D eigenvalue weighted by Gasteiger charge is 2.50. The Morgan fingerprint density at radius 3 is 2.64 bits per heavy atom. The highest BCUT2D eigenvalue weighted by atomic mass is 79.9. The summed E-state index contributed by atoms with van der Waals surface area (Å²) in [6.45, 7) is 2.16. The minimum atomic E-state index is 0. The first kappa shape index (κ1) is 12.0. The van der Waals surface area contributed by atoms with Crippen molar-refractivity contribution >= 4 is 28.3 Å². The van der Waals surface area contributed by atoms with E-state index in [0.717, 1.165) is 12.8 Å². The monoisotopic (exact) mass is 275 g/mol. The lowest BCUT2D eigenvalue weighted by Gasteiger charge is -2.08. The summed E-state index contributed by atoms with van der Waals surface area (Å²) in [6.07, 6.45) is 2.20. The van der Waals surface area contributed by atoms with E-state index in [1.54, 1.807) is 0 Å². The van der Waals surface area contributed by atoms with Crippen LogP contribution in [-0.2, 0) is 0 Å². The zero-order valence-corrected chi connectivity index (χ0v) is 10.6. The van der Waals surface area contributed by atoms with Crippen molar-refractivity contribution in [2.45, 2.75) is 31.2 Å². The van der Waals surface area contributed by atoms with Crippen LogP contribution in [0.2, 0.25) is 0 Å². The van der Waals surface area contributed by atoms with Gasteiger partial charge in [0.1, 0.15) is 0 Å². The van der Waals surface area contributed by atoms with E-state index in [4.69, 9.17) is 5.73 Å². The van der Waals surface area contributed by atoms with Crippen molar-refractivity contribution in [3.8, 4) is 0 Å². The predicted octanol–water partition coefficient (Wildman–Crippen LogP) is 3.47. The molecule has 1 aromatic rings. The van der Waals surface area contributed by atoms with Gasteiger partial charge in [-0.25, -0.2) is 0 Å². The third-order valence-electron chi connectivity index (χ3n) is 3.06. The number of rotatable bonds is 2. The van der Waals surface area contributed by atoms with Gasteiger partial charge in [-0.3, -0.25) is 0 Å². The first-order valence-corrected chi connectivity index (χ1v) is 5.50. The maximum atomic E-state index is 6.17. The van der Waals surface area contributed by atoms with Gasteiger partial charge < -0.3 is 5.73 Å². The first-order valence-electron chi connectivity index (χ1n) is 4.70. The molecule has 0 amide bonds. The molecule has 1 aliphatic rings. The minimum Gasteiger partial charge on any atom is -0.325 e. The van der Waals surface area contributed by atoms with Gasteiger partial charge in [0.15, 0.2) is 0 Å². The number of hydrogen-bond donors (Lipinski definition) is 1. The molecule has 0 spiro atoms. The van der Waals surface area contributed by atoms with Gasteiger partial charge in [-0.2, -0.15) is 0 Å². The molecule has 1 fully saturated rings. The Balaban J connectivity index is 0.000000980. The number of benzene rings is 1. The molecule has 1 aliphatic carbocycles. The summed E-state index contributed by atoms with van der Waals surface area (Å²) in [5.41, 5.74) is 7.61. The summed E-state index contributed by atoms with van der Waals surface area (Å²) in [5, 5.41) is 0. The van der Waals surface area contributed by atoms with Crippen LogP contribution in [0.5, 0.6) is 0 Å². The molecule has 1 nitrogen and oxygen atoms in total. The fraction of sp³-hybridized carbons (Fsp3) is 0.455. The topological polar surface area (TPSA) is 26.0 Å². The van der Waals surface area contributed by atoms with Crippen LogP contribution in [0, 0.1) is 0 Å². The van der Waals surface area contributed by atoms with Crippen molar-refractivity contribution in [2.24, 2.45) is 5.73 Å². The Morgan fingerprint density at radius 1 is 1.50 bits per heavy atom. The van der Waals surface area contributed by atoms with E-state index in [9.17, 15) is 0 Å². The van der Waals surface area contributed by atoms with Crippen LogP contribution in [-0.4, -0.2) is 5.54 Å². The van der Waals surface area contributed by atoms with Gasteiger partial charge in [-0.05, 0) is 24.5 Å². The largest absolute Gasteiger partial charge is 0.325 e. The van der Waals surface area contributed by atoms with E-state index in [1.165, 1.54) is 10.0 Å². The third-order valence-corrected chi connectivity index (χ3v) is 3.78. The van der Waals surface area contributed by atoms with Crippen LogP contribution in [0.3, 0.4) is 0 Å². The van der Waals surface area contributed by atoms with Gasteiger partial charge in [0, 0.05) is 15.9 Å². The van der Waals surface area contributed by atoms with Gasteiger partial charge in [-0.15, -0.1) is 12.4 Å². The molecule has 1 saturated carbocycles. The molecule has 1 aromatic carbocycles. The Labute approximate surface area is 99.6 Å². The zero-order chi connectivity index (χ0) is 9.47. The quantitative estimate of drug-likeness (QED) is 0.879. The van der Waals surface area contributed by atoms with E-state index in [2.05, 4.69) is 41.1 Å². The molecule has 0 unspecified atom stereocenters. The zero-order valence-electron chi connectivity index (χ0n) is 8.16. The lowest BCUT2D eigenvalue weighted by molar-refractivity contribution is 0.625. The third kappa shape index (κ3) is 1.97. The maximum absolute atomic E-state index is 6.17. The smallest absolute Gasteiger partial charge is 0.0228 e. The van der Waals surface area contributed by atoms with Crippen molar-refractivity contribution in [2.75, 3.05) is 0 Å². The number of nitrogens with two attached hydrogens (primary N) is 1. The number of hydrogen-bond acceptors (Lipinski definition) is 1. The molecule has 0 aromatic heterocycles. The average Bonchev–Trinajstić information content (AvgIpc) is 2.80. The Kier molecular flexibility index (Phi) is 3.62. The summed E-state index contributed by atoms with van der Waals surface area (Å²) in [5.74, 6) is 0.563. The van der Waals surface area contributed by atoms with Crippen LogP contribution in [0.25, 0.3) is 0 Å². The number of halogens is 2. The van der Waals surface area contributed by atoms with Crippen molar-refractivity contribution in [3.05, 3.63) is 34.3 Å². The molecule has 0 aliphatic heterocycles. The maximum Gasteiger partial charge on any atom is 0.0228 e. The van der Waals surface area contributed by atoms with E-state index in [-0.39, 0.29) is 17.9 Å². The molecule has 78 valence electrons. The SMILES string of the molecule is CC[C@@]1(N)C[C@@H]1c1ccccc1Br.Cl. The summed E-state index contributed by atoms with van der Waals surface area (Å²) < 4.78 is 1.20. The second-order valence-corrected chi connectivity index (χ2v) is 4.72. The average molecular weight is 277 g/mol. The Hall–Kier alpha value is -0.0500. The molecule has 2 atom stereocenters. The fourth-order valence-corrected chi connectivity index (χ4v) is 2.45. The van der Waals surface area contributed by atoms with Crippen molar-refractivity contribution in [1.29, 1.82) is 0 Å². The van der Waals surface area contributed by atoms with Gasteiger partial charge in [0.05, 0.1) is 0 Å². The molecule has 3 heteroatoms. The molecule has 14 heavy (non-hydrogen) atoms. The lowest BCUT2D eigenvalue weighted by atomic mass is 10.1. The molecule has 0 saturated heterocycles. The normalized spacial score (nSPS) is 29.5. The first-order chi connectivity index (χ1) is 6.17. The molecule has 0 radical (unpaired) electrons. The molecule has 0 heterocycles. The molecular formula is C11H15BrClN. The Morgan fingerprint density at radius 2 is 2.14 bits per heavy atom. The Bertz CT molecular complexity index is 329. The summed E-state index contributed by atoms with van der Waals surface area (Å²) in [7, 11) is 0. The standard InChI is InChI=1S/C11H14BrN.ClH/c1-2-11(13)7-9(11)8-5-3-4-6-10(8)12;/h3-6,9H,2,7,13H2,1H3;1H/t9-,11-;/m1./s1. The van der Waals surface area contributed by atoms with Crippen molar-refractivity contribution in [1.82, 2.24) is 0 Å². The molecule has 2 N–H and O–H groups in total. The lowest BCUT2D eigenvalue weighted by Crippen LogP contribution is -2.22. The van der Waals surface area contributed by atoms with Gasteiger partial charge in [0.25, 0.3) is 0 Å². The van der Waals surface area contributed by atoms with Crippen molar-refractivity contribution < 1.29 is 0 Å². The van der Waals surface area contributed by atoms with Gasteiger partial charge >= 0.3 is 0 Å².